The molecule has 0 aromatic heterocycles. The van der Waals surface area contributed by atoms with Gasteiger partial charge in [-0.3, -0.25) is 9.59 Å². The first kappa shape index (κ1) is 18.1. The molecule has 0 aliphatic carbocycles. The number of carbonyl (C=O) groups is 2. The monoisotopic (exact) mass is 344 g/mol. The minimum absolute atomic E-state index is 0.103. The average Bonchev–Trinajstić information content (AvgIpc) is 2.53. The molecule has 2 amide bonds. The quantitative estimate of drug-likeness (QED) is 0.842. The molecule has 1 aromatic carbocycles. The summed E-state index contributed by atoms with van der Waals surface area (Å²) in [5.41, 5.74) is 0.455. The molecule has 1 heterocycles. The van der Waals surface area contributed by atoms with Gasteiger partial charge in [0.1, 0.15) is 12.2 Å². The standard InChI is InChI=1S/C16H19F3N2O3/c1-2-24-13-5-3-4-12(10-13)15(23)21-8-6-20(7-9-21)14(22)11-16(17,18)19/h3-5,10H,2,6-9,11H2,1H3. The summed E-state index contributed by atoms with van der Waals surface area (Å²) in [5.74, 6) is -0.588. The van der Waals surface area contributed by atoms with Crippen LogP contribution in [0.2, 0.25) is 0 Å². The maximum absolute atomic E-state index is 12.4. The van der Waals surface area contributed by atoms with E-state index in [-0.39, 0.29) is 32.1 Å². The van der Waals surface area contributed by atoms with Gasteiger partial charge in [-0.1, -0.05) is 6.07 Å². The van der Waals surface area contributed by atoms with Gasteiger partial charge < -0.3 is 14.5 Å². The molecule has 0 atom stereocenters. The highest BCUT2D eigenvalue weighted by atomic mass is 19.4. The zero-order chi connectivity index (χ0) is 17.7. The summed E-state index contributed by atoms with van der Waals surface area (Å²) in [7, 11) is 0. The Labute approximate surface area is 138 Å². The fraction of sp³-hybridized carbons (Fsp3) is 0.500. The first-order valence-corrected chi connectivity index (χ1v) is 7.67. The molecule has 0 radical (unpaired) electrons. The summed E-state index contributed by atoms with van der Waals surface area (Å²) < 4.78 is 42.1. The summed E-state index contributed by atoms with van der Waals surface area (Å²) in [6.45, 7) is 2.95. The van der Waals surface area contributed by atoms with Crippen LogP contribution in [-0.4, -0.2) is 60.6 Å². The summed E-state index contributed by atoms with van der Waals surface area (Å²) in [4.78, 5) is 26.7. The van der Waals surface area contributed by atoms with E-state index in [9.17, 15) is 22.8 Å². The highest BCUT2D eigenvalue weighted by Crippen LogP contribution is 2.21. The molecule has 132 valence electrons. The van der Waals surface area contributed by atoms with Crippen molar-refractivity contribution in [1.82, 2.24) is 9.80 Å². The van der Waals surface area contributed by atoms with Crippen LogP contribution in [0.4, 0.5) is 13.2 Å². The Kier molecular flexibility index (Phi) is 5.69. The first-order chi connectivity index (χ1) is 11.3. The Morgan fingerprint density at radius 2 is 1.75 bits per heavy atom. The van der Waals surface area contributed by atoms with E-state index in [0.717, 1.165) is 4.90 Å². The zero-order valence-corrected chi connectivity index (χ0v) is 13.3. The number of benzene rings is 1. The van der Waals surface area contributed by atoms with Gasteiger partial charge in [-0.25, -0.2) is 0 Å². The van der Waals surface area contributed by atoms with Gasteiger partial charge in [0.25, 0.3) is 5.91 Å². The van der Waals surface area contributed by atoms with Crippen LogP contribution in [0.5, 0.6) is 5.75 Å². The topological polar surface area (TPSA) is 49.9 Å². The van der Waals surface area contributed by atoms with Crippen molar-refractivity contribution in [2.24, 2.45) is 0 Å². The van der Waals surface area contributed by atoms with Gasteiger partial charge in [-0.15, -0.1) is 0 Å². The molecule has 5 nitrogen and oxygen atoms in total. The molecule has 0 N–H and O–H groups in total. The predicted molar refractivity (Wildman–Crippen MR) is 80.8 cm³/mol. The van der Waals surface area contributed by atoms with E-state index in [1.165, 1.54) is 4.90 Å². The molecule has 0 bridgehead atoms. The van der Waals surface area contributed by atoms with E-state index in [4.69, 9.17) is 4.74 Å². The third kappa shape index (κ3) is 4.87. The van der Waals surface area contributed by atoms with Crippen LogP contribution in [0.3, 0.4) is 0 Å². The van der Waals surface area contributed by atoms with Crippen LogP contribution >= 0.6 is 0 Å². The molecule has 1 aromatic rings. The van der Waals surface area contributed by atoms with Gasteiger partial charge in [-0.05, 0) is 25.1 Å². The fourth-order valence-electron chi connectivity index (χ4n) is 2.51. The summed E-state index contributed by atoms with van der Waals surface area (Å²) >= 11 is 0. The lowest BCUT2D eigenvalue weighted by Gasteiger charge is -2.35. The molecule has 1 saturated heterocycles. The van der Waals surface area contributed by atoms with E-state index in [0.29, 0.717) is 17.9 Å². The minimum atomic E-state index is -4.51. The molecule has 1 aliphatic heterocycles. The second kappa shape index (κ2) is 7.55. The normalized spacial score (nSPS) is 15.3. The second-order valence-electron chi connectivity index (χ2n) is 5.43. The van der Waals surface area contributed by atoms with Crippen molar-refractivity contribution in [2.45, 2.75) is 19.5 Å². The average molecular weight is 344 g/mol. The number of carbonyl (C=O) groups excluding carboxylic acids is 2. The van der Waals surface area contributed by atoms with Crippen molar-refractivity contribution >= 4 is 11.8 Å². The summed E-state index contributed by atoms with van der Waals surface area (Å²) in [6.07, 6.45) is -5.97. The lowest BCUT2D eigenvalue weighted by molar-refractivity contribution is -0.162. The van der Waals surface area contributed by atoms with Crippen molar-refractivity contribution in [1.29, 1.82) is 0 Å². The lowest BCUT2D eigenvalue weighted by atomic mass is 10.1. The summed E-state index contributed by atoms with van der Waals surface area (Å²) in [6, 6.07) is 6.74. The SMILES string of the molecule is CCOc1cccc(C(=O)N2CCN(C(=O)CC(F)(F)F)CC2)c1. The molecule has 0 saturated carbocycles. The number of ether oxygens (including phenoxy) is 1. The number of amides is 2. The van der Waals surface area contributed by atoms with Crippen LogP contribution in [0, 0.1) is 0 Å². The van der Waals surface area contributed by atoms with Gasteiger partial charge in [0, 0.05) is 31.7 Å². The number of hydrogen-bond donors (Lipinski definition) is 0. The lowest BCUT2D eigenvalue weighted by Crippen LogP contribution is -2.51. The minimum Gasteiger partial charge on any atom is -0.494 e. The van der Waals surface area contributed by atoms with Crippen molar-refractivity contribution in [3.8, 4) is 5.75 Å². The van der Waals surface area contributed by atoms with Crippen LogP contribution in [0.25, 0.3) is 0 Å². The number of halogens is 3. The van der Waals surface area contributed by atoms with Crippen LogP contribution in [-0.2, 0) is 4.79 Å². The molecule has 1 aliphatic rings. The Hall–Kier alpha value is -2.25. The molecule has 8 heteroatoms. The third-order valence-corrected chi connectivity index (χ3v) is 3.66. The van der Waals surface area contributed by atoms with Gasteiger partial charge in [-0.2, -0.15) is 13.2 Å². The van der Waals surface area contributed by atoms with E-state index >= 15 is 0 Å². The van der Waals surface area contributed by atoms with E-state index in [2.05, 4.69) is 0 Å². The largest absolute Gasteiger partial charge is 0.494 e. The van der Waals surface area contributed by atoms with Crippen molar-refractivity contribution in [3.05, 3.63) is 29.8 Å². The number of nitrogens with zero attached hydrogens (tertiary/aromatic N) is 2. The Morgan fingerprint density at radius 1 is 1.12 bits per heavy atom. The molecular formula is C16H19F3N2O3. The zero-order valence-electron chi connectivity index (χ0n) is 13.3. The highest BCUT2D eigenvalue weighted by Gasteiger charge is 2.35. The first-order valence-electron chi connectivity index (χ1n) is 7.67. The Balaban J connectivity index is 1.93. The summed E-state index contributed by atoms with van der Waals surface area (Å²) in [5, 5.41) is 0. The van der Waals surface area contributed by atoms with E-state index in [1.54, 1.807) is 24.3 Å². The van der Waals surface area contributed by atoms with Crippen molar-refractivity contribution in [3.63, 3.8) is 0 Å². The third-order valence-electron chi connectivity index (χ3n) is 3.66. The van der Waals surface area contributed by atoms with Crippen LogP contribution in [0.15, 0.2) is 24.3 Å². The molecule has 0 spiro atoms. The molecule has 24 heavy (non-hydrogen) atoms. The number of piperazine rings is 1. The smallest absolute Gasteiger partial charge is 0.397 e. The van der Waals surface area contributed by atoms with Crippen molar-refractivity contribution in [2.75, 3.05) is 32.8 Å². The van der Waals surface area contributed by atoms with Crippen molar-refractivity contribution < 1.29 is 27.5 Å². The van der Waals surface area contributed by atoms with Gasteiger partial charge in [0.2, 0.25) is 5.91 Å². The van der Waals surface area contributed by atoms with Crippen LogP contribution in [0.1, 0.15) is 23.7 Å². The number of rotatable bonds is 4. The van der Waals surface area contributed by atoms with Crippen LogP contribution < -0.4 is 4.74 Å². The van der Waals surface area contributed by atoms with Gasteiger partial charge in [0.15, 0.2) is 0 Å². The Morgan fingerprint density at radius 3 is 2.33 bits per heavy atom. The van der Waals surface area contributed by atoms with Gasteiger partial charge >= 0.3 is 6.18 Å². The predicted octanol–water partition coefficient (Wildman–Crippen LogP) is 2.32. The van der Waals surface area contributed by atoms with Gasteiger partial charge in [0.05, 0.1) is 6.61 Å². The van der Waals surface area contributed by atoms with E-state index in [1.807, 2.05) is 6.92 Å². The van der Waals surface area contributed by atoms with E-state index < -0.39 is 18.5 Å². The number of hydrogen-bond acceptors (Lipinski definition) is 3. The molecule has 2 rings (SSSR count). The molecule has 1 fully saturated rings. The maximum atomic E-state index is 12.4. The Bertz CT molecular complexity index is 596. The second-order valence-corrected chi connectivity index (χ2v) is 5.43. The molecule has 0 unspecified atom stereocenters. The fourth-order valence-corrected chi connectivity index (χ4v) is 2.51. The molecular weight excluding hydrogens is 325 g/mol. The maximum Gasteiger partial charge on any atom is 0.397 e. The highest BCUT2D eigenvalue weighted by molar-refractivity contribution is 5.94. The number of alkyl halides is 3.